The van der Waals surface area contributed by atoms with E-state index < -0.39 is 16.9 Å². The van der Waals surface area contributed by atoms with Crippen molar-refractivity contribution in [2.45, 2.75) is 33.2 Å². The summed E-state index contributed by atoms with van der Waals surface area (Å²) in [6.07, 6.45) is 0.435. The van der Waals surface area contributed by atoms with Crippen molar-refractivity contribution >= 4 is 29.1 Å². The van der Waals surface area contributed by atoms with E-state index in [-0.39, 0.29) is 28.4 Å². The van der Waals surface area contributed by atoms with Gasteiger partial charge in [0.2, 0.25) is 11.1 Å². The number of carbonyl (C=O) groups excluding carboxylic acids is 1. The maximum Gasteiger partial charge on any atom is 0.332 e. The largest absolute Gasteiger partial charge is 0.467 e. The molecule has 116 valence electrons. The second-order valence-electron chi connectivity index (χ2n) is 4.88. The molecule has 0 radical (unpaired) electrons. The lowest BCUT2D eigenvalue weighted by molar-refractivity contribution is -0.385. The number of aryl methyl sites for hydroxylation is 1. The van der Waals surface area contributed by atoms with Gasteiger partial charge in [-0.2, -0.15) is 4.98 Å². The van der Waals surface area contributed by atoms with Crippen molar-refractivity contribution in [1.29, 1.82) is 0 Å². The summed E-state index contributed by atoms with van der Waals surface area (Å²) in [6, 6.07) is -0.751. The van der Waals surface area contributed by atoms with Crippen molar-refractivity contribution in [2.75, 3.05) is 12.4 Å². The number of nitrogens with one attached hydrogen (secondary N) is 1. The van der Waals surface area contributed by atoms with Crippen LogP contribution in [0.15, 0.2) is 0 Å². The summed E-state index contributed by atoms with van der Waals surface area (Å²) in [5.74, 6) is -0.432. The van der Waals surface area contributed by atoms with Crippen LogP contribution in [0.3, 0.4) is 0 Å². The highest BCUT2D eigenvalue weighted by Gasteiger charge is 2.27. The van der Waals surface area contributed by atoms with Crippen LogP contribution in [0.4, 0.5) is 11.5 Å². The third-order valence-corrected chi connectivity index (χ3v) is 2.89. The molecule has 0 aliphatic heterocycles. The predicted molar refractivity (Wildman–Crippen MR) is 77.3 cm³/mol. The molecule has 9 heteroatoms. The highest BCUT2D eigenvalue weighted by atomic mass is 35.5. The molecule has 0 saturated heterocycles. The molecular formula is C12H17ClN4O4. The molecular weight excluding hydrogens is 300 g/mol. The summed E-state index contributed by atoms with van der Waals surface area (Å²) in [7, 11) is 1.25. The van der Waals surface area contributed by atoms with E-state index in [1.807, 2.05) is 13.8 Å². The average Bonchev–Trinajstić information content (AvgIpc) is 2.35. The Morgan fingerprint density at radius 2 is 2.10 bits per heavy atom. The van der Waals surface area contributed by atoms with Crippen LogP contribution in [0.25, 0.3) is 0 Å². The third-order valence-electron chi connectivity index (χ3n) is 2.72. The molecule has 0 fully saturated rings. The number of aromatic nitrogens is 2. The summed E-state index contributed by atoms with van der Waals surface area (Å²) in [5, 5.41) is 13.7. The molecule has 1 aromatic rings. The lowest BCUT2D eigenvalue weighted by Gasteiger charge is -2.19. The van der Waals surface area contributed by atoms with Gasteiger partial charge in [0.1, 0.15) is 11.7 Å². The fourth-order valence-electron chi connectivity index (χ4n) is 1.84. The number of halogens is 1. The van der Waals surface area contributed by atoms with Gasteiger partial charge in [-0.1, -0.05) is 13.8 Å². The van der Waals surface area contributed by atoms with Crippen LogP contribution in [-0.2, 0) is 9.53 Å². The summed E-state index contributed by atoms with van der Waals surface area (Å²) in [6.45, 7) is 5.29. The van der Waals surface area contributed by atoms with E-state index in [1.165, 1.54) is 14.0 Å². The maximum absolute atomic E-state index is 11.8. The number of methoxy groups -OCH3 is 1. The maximum atomic E-state index is 11.8. The number of nitro groups is 1. The number of esters is 1. The number of anilines is 1. The Bertz CT molecular complexity index is 550. The van der Waals surface area contributed by atoms with Gasteiger partial charge in [-0.05, 0) is 30.9 Å². The molecule has 1 heterocycles. The molecule has 21 heavy (non-hydrogen) atoms. The molecule has 0 aliphatic rings. The Morgan fingerprint density at radius 1 is 1.48 bits per heavy atom. The number of hydrogen-bond acceptors (Lipinski definition) is 7. The lowest BCUT2D eigenvalue weighted by atomic mass is 10.0. The van der Waals surface area contributed by atoms with Crippen molar-refractivity contribution < 1.29 is 14.5 Å². The van der Waals surface area contributed by atoms with E-state index in [2.05, 4.69) is 15.3 Å². The molecule has 1 N–H and O–H groups in total. The Kier molecular flexibility index (Phi) is 5.83. The smallest absolute Gasteiger partial charge is 0.332 e. The zero-order valence-electron chi connectivity index (χ0n) is 12.2. The van der Waals surface area contributed by atoms with Crippen LogP contribution < -0.4 is 5.32 Å². The molecule has 0 aliphatic carbocycles. The second-order valence-corrected chi connectivity index (χ2v) is 5.22. The van der Waals surface area contributed by atoms with Gasteiger partial charge in [-0.15, -0.1) is 0 Å². The molecule has 1 atom stereocenters. The average molecular weight is 317 g/mol. The molecule has 0 amide bonds. The van der Waals surface area contributed by atoms with E-state index >= 15 is 0 Å². The van der Waals surface area contributed by atoms with Crippen LogP contribution in [0, 0.1) is 23.0 Å². The number of carbonyl (C=O) groups is 1. The molecule has 0 spiro atoms. The summed E-state index contributed by atoms with van der Waals surface area (Å²) in [4.78, 5) is 29.8. The zero-order valence-corrected chi connectivity index (χ0v) is 13.0. The number of hydrogen-bond donors (Lipinski definition) is 1. The van der Waals surface area contributed by atoms with Crippen molar-refractivity contribution in [3.63, 3.8) is 0 Å². The minimum Gasteiger partial charge on any atom is -0.467 e. The normalized spacial score (nSPS) is 12.1. The first kappa shape index (κ1) is 17.1. The first-order chi connectivity index (χ1) is 9.76. The van der Waals surface area contributed by atoms with Crippen molar-refractivity contribution in [3.05, 3.63) is 21.1 Å². The van der Waals surface area contributed by atoms with E-state index in [1.54, 1.807) is 0 Å². The summed E-state index contributed by atoms with van der Waals surface area (Å²) >= 11 is 5.73. The van der Waals surface area contributed by atoms with Gasteiger partial charge in [-0.25, -0.2) is 9.78 Å². The molecule has 0 aromatic carbocycles. The third kappa shape index (κ3) is 4.52. The quantitative estimate of drug-likeness (QED) is 0.371. The molecule has 1 aromatic heterocycles. The monoisotopic (exact) mass is 316 g/mol. The highest BCUT2D eigenvalue weighted by molar-refractivity contribution is 6.28. The Morgan fingerprint density at radius 3 is 2.57 bits per heavy atom. The van der Waals surface area contributed by atoms with Gasteiger partial charge < -0.3 is 10.1 Å². The minimum atomic E-state index is -0.751. The Labute approximate surface area is 127 Å². The molecule has 0 saturated carbocycles. The van der Waals surface area contributed by atoms with E-state index in [9.17, 15) is 14.9 Å². The first-order valence-electron chi connectivity index (χ1n) is 6.29. The highest BCUT2D eigenvalue weighted by Crippen LogP contribution is 2.27. The van der Waals surface area contributed by atoms with E-state index in [0.29, 0.717) is 6.42 Å². The fourth-order valence-corrected chi connectivity index (χ4v) is 2.06. The van der Waals surface area contributed by atoms with Crippen LogP contribution in [-0.4, -0.2) is 34.0 Å². The molecule has 1 unspecified atom stereocenters. The molecule has 8 nitrogen and oxygen atoms in total. The molecule has 0 bridgehead atoms. The number of ether oxygens (including phenoxy) is 1. The van der Waals surface area contributed by atoms with Crippen LogP contribution >= 0.6 is 11.6 Å². The topological polar surface area (TPSA) is 107 Å². The predicted octanol–water partition coefficient (Wildman–Crippen LogP) is 2.35. The SMILES string of the molecule is COC(=O)C(CC(C)C)Nc1nc(Cl)nc(C)c1[N+](=O)[O-]. The Balaban J connectivity index is 3.19. The van der Waals surface area contributed by atoms with Gasteiger partial charge in [0, 0.05) is 0 Å². The van der Waals surface area contributed by atoms with Gasteiger partial charge in [0.15, 0.2) is 0 Å². The van der Waals surface area contributed by atoms with Crippen molar-refractivity contribution in [2.24, 2.45) is 5.92 Å². The lowest BCUT2D eigenvalue weighted by Crippen LogP contribution is -2.32. The number of nitrogens with zero attached hydrogens (tertiary/aromatic N) is 3. The van der Waals surface area contributed by atoms with Gasteiger partial charge >= 0.3 is 11.7 Å². The number of rotatable bonds is 6. The van der Waals surface area contributed by atoms with Crippen molar-refractivity contribution in [3.8, 4) is 0 Å². The standard InChI is InChI=1S/C12H17ClN4O4/c1-6(2)5-8(11(18)21-4)15-10-9(17(19)20)7(3)14-12(13)16-10/h6,8H,5H2,1-4H3,(H,14,15,16). The summed E-state index contributed by atoms with van der Waals surface area (Å²) < 4.78 is 4.70. The molecule has 1 rings (SSSR count). The van der Waals surface area contributed by atoms with Crippen LogP contribution in [0.5, 0.6) is 0 Å². The van der Waals surface area contributed by atoms with Crippen LogP contribution in [0.2, 0.25) is 5.28 Å². The zero-order chi connectivity index (χ0) is 16.2. The Hall–Kier alpha value is -1.96. The van der Waals surface area contributed by atoms with Crippen LogP contribution in [0.1, 0.15) is 26.0 Å². The van der Waals surface area contributed by atoms with E-state index in [0.717, 1.165) is 0 Å². The first-order valence-corrected chi connectivity index (χ1v) is 6.67. The fraction of sp³-hybridized carbons (Fsp3) is 0.583. The second kappa shape index (κ2) is 7.16. The van der Waals surface area contributed by atoms with Gasteiger partial charge in [0.25, 0.3) is 0 Å². The van der Waals surface area contributed by atoms with Gasteiger partial charge in [0.05, 0.1) is 12.0 Å². The van der Waals surface area contributed by atoms with Crippen molar-refractivity contribution in [1.82, 2.24) is 9.97 Å². The minimum absolute atomic E-state index is 0.0893. The summed E-state index contributed by atoms with van der Waals surface area (Å²) in [5.41, 5.74) is -0.187. The van der Waals surface area contributed by atoms with Gasteiger partial charge in [-0.3, -0.25) is 10.1 Å². The van der Waals surface area contributed by atoms with E-state index in [4.69, 9.17) is 16.3 Å².